The van der Waals surface area contributed by atoms with Crippen molar-refractivity contribution in [3.05, 3.63) is 18.1 Å². The van der Waals surface area contributed by atoms with Crippen molar-refractivity contribution in [3.63, 3.8) is 0 Å². The third-order valence-electron chi connectivity index (χ3n) is 1.85. The normalized spacial score (nSPS) is 10.1. The quantitative estimate of drug-likeness (QED) is 0.730. The topological polar surface area (TPSA) is 41.0 Å². The highest BCUT2D eigenvalue weighted by Crippen LogP contribution is 2.05. The van der Waals surface area contributed by atoms with Gasteiger partial charge in [-0.2, -0.15) is 0 Å². The summed E-state index contributed by atoms with van der Waals surface area (Å²) in [6.07, 6.45) is 1.79. The molecule has 0 unspecified atom stereocenters. The molecular formula is C9H16N4. The maximum Gasteiger partial charge on any atom is 0.132 e. The van der Waals surface area contributed by atoms with Crippen molar-refractivity contribution >= 4 is 5.82 Å². The van der Waals surface area contributed by atoms with E-state index in [9.17, 15) is 0 Å². The minimum atomic E-state index is 0.814. The lowest BCUT2D eigenvalue weighted by Gasteiger charge is -2.17. The predicted molar refractivity (Wildman–Crippen MR) is 54.0 cm³/mol. The SMILES string of the molecule is CNCCN(C)c1ccnc(C)n1. The minimum absolute atomic E-state index is 0.814. The third kappa shape index (κ3) is 2.99. The minimum Gasteiger partial charge on any atom is -0.358 e. The average molecular weight is 180 g/mol. The van der Waals surface area contributed by atoms with Crippen LogP contribution in [0.15, 0.2) is 12.3 Å². The number of anilines is 1. The van der Waals surface area contributed by atoms with Gasteiger partial charge in [0.1, 0.15) is 11.6 Å². The largest absolute Gasteiger partial charge is 0.358 e. The molecule has 0 radical (unpaired) electrons. The van der Waals surface area contributed by atoms with E-state index in [-0.39, 0.29) is 0 Å². The van der Waals surface area contributed by atoms with Crippen LogP contribution in [0.2, 0.25) is 0 Å². The molecule has 0 aliphatic rings. The Morgan fingerprint density at radius 1 is 1.54 bits per heavy atom. The first-order chi connectivity index (χ1) is 6.24. The molecule has 0 fully saturated rings. The van der Waals surface area contributed by atoms with Gasteiger partial charge in [-0.05, 0) is 20.0 Å². The van der Waals surface area contributed by atoms with Gasteiger partial charge in [-0.1, -0.05) is 0 Å². The number of hydrogen-bond acceptors (Lipinski definition) is 4. The Bertz CT molecular complexity index is 262. The van der Waals surface area contributed by atoms with Crippen molar-refractivity contribution in [2.75, 3.05) is 32.1 Å². The molecule has 0 amide bonds. The Hall–Kier alpha value is -1.16. The second-order valence-corrected chi connectivity index (χ2v) is 2.99. The molecule has 0 aliphatic carbocycles. The van der Waals surface area contributed by atoms with Crippen LogP contribution in [0.25, 0.3) is 0 Å². The van der Waals surface area contributed by atoms with Crippen LogP contribution in [-0.2, 0) is 0 Å². The van der Waals surface area contributed by atoms with E-state index in [1.807, 2.05) is 27.1 Å². The zero-order valence-corrected chi connectivity index (χ0v) is 8.41. The molecule has 1 N–H and O–H groups in total. The summed E-state index contributed by atoms with van der Waals surface area (Å²) in [6.45, 7) is 3.81. The lowest BCUT2D eigenvalue weighted by molar-refractivity contribution is 0.758. The van der Waals surface area contributed by atoms with Crippen molar-refractivity contribution in [2.24, 2.45) is 0 Å². The number of aryl methyl sites for hydroxylation is 1. The van der Waals surface area contributed by atoms with Gasteiger partial charge in [0.25, 0.3) is 0 Å². The fraction of sp³-hybridized carbons (Fsp3) is 0.556. The maximum absolute atomic E-state index is 4.31. The van der Waals surface area contributed by atoms with Crippen molar-refractivity contribution in [3.8, 4) is 0 Å². The molecule has 1 heterocycles. The Morgan fingerprint density at radius 2 is 2.31 bits per heavy atom. The zero-order chi connectivity index (χ0) is 9.68. The van der Waals surface area contributed by atoms with Gasteiger partial charge < -0.3 is 10.2 Å². The molecule has 0 aromatic carbocycles. The van der Waals surface area contributed by atoms with E-state index in [0.29, 0.717) is 0 Å². The van der Waals surface area contributed by atoms with Gasteiger partial charge in [0.15, 0.2) is 0 Å². The Kier molecular flexibility index (Phi) is 3.64. The molecule has 4 heteroatoms. The highest BCUT2D eigenvalue weighted by Gasteiger charge is 2.00. The zero-order valence-electron chi connectivity index (χ0n) is 8.41. The Morgan fingerprint density at radius 3 is 2.92 bits per heavy atom. The molecule has 1 rings (SSSR count). The monoisotopic (exact) mass is 180 g/mol. The predicted octanol–water partition coefficient (Wildman–Crippen LogP) is 0.441. The third-order valence-corrected chi connectivity index (χ3v) is 1.85. The second kappa shape index (κ2) is 4.77. The van der Waals surface area contributed by atoms with Gasteiger partial charge in [-0.25, -0.2) is 9.97 Å². The summed E-state index contributed by atoms with van der Waals surface area (Å²) in [7, 11) is 3.97. The molecule has 1 aromatic rings. The number of likely N-dealkylation sites (N-methyl/N-ethyl adjacent to an activating group) is 2. The smallest absolute Gasteiger partial charge is 0.132 e. The van der Waals surface area contributed by atoms with Gasteiger partial charge >= 0.3 is 0 Å². The van der Waals surface area contributed by atoms with E-state index in [4.69, 9.17) is 0 Å². The van der Waals surface area contributed by atoms with Gasteiger partial charge in [0.05, 0.1) is 0 Å². The van der Waals surface area contributed by atoms with E-state index >= 15 is 0 Å². The van der Waals surface area contributed by atoms with Crippen LogP contribution >= 0.6 is 0 Å². The van der Waals surface area contributed by atoms with Crippen molar-refractivity contribution < 1.29 is 0 Å². The van der Waals surface area contributed by atoms with E-state index in [1.54, 1.807) is 6.20 Å². The highest BCUT2D eigenvalue weighted by atomic mass is 15.2. The first-order valence-electron chi connectivity index (χ1n) is 4.39. The van der Waals surface area contributed by atoms with Crippen LogP contribution in [0.4, 0.5) is 5.82 Å². The summed E-state index contributed by atoms with van der Waals surface area (Å²) < 4.78 is 0. The van der Waals surface area contributed by atoms with E-state index in [0.717, 1.165) is 24.7 Å². The average Bonchev–Trinajstić information content (AvgIpc) is 2.14. The summed E-state index contributed by atoms with van der Waals surface area (Å²) in [5.74, 6) is 1.79. The Balaban J connectivity index is 2.60. The summed E-state index contributed by atoms with van der Waals surface area (Å²) in [5.41, 5.74) is 0. The number of nitrogens with zero attached hydrogens (tertiary/aromatic N) is 3. The fourth-order valence-electron chi connectivity index (χ4n) is 1.05. The molecule has 0 saturated heterocycles. The number of rotatable bonds is 4. The summed E-state index contributed by atoms with van der Waals surface area (Å²) in [4.78, 5) is 10.5. The molecule has 1 aromatic heterocycles. The van der Waals surface area contributed by atoms with Crippen LogP contribution in [0.1, 0.15) is 5.82 Å². The van der Waals surface area contributed by atoms with Crippen molar-refractivity contribution in [1.29, 1.82) is 0 Å². The highest BCUT2D eigenvalue weighted by molar-refractivity contribution is 5.35. The Labute approximate surface area is 79.0 Å². The van der Waals surface area contributed by atoms with Crippen molar-refractivity contribution in [2.45, 2.75) is 6.92 Å². The molecule has 0 atom stereocenters. The van der Waals surface area contributed by atoms with Crippen LogP contribution in [-0.4, -0.2) is 37.2 Å². The molecule has 72 valence electrons. The number of hydrogen-bond donors (Lipinski definition) is 1. The van der Waals surface area contributed by atoms with Crippen molar-refractivity contribution in [1.82, 2.24) is 15.3 Å². The lowest BCUT2D eigenvalue weighted by atomic mass is 10.4. The van der Waals surface area contributed by atoms with Gasteiger partial charge in [0.2, 0.25) is 0 Å². The maximum atomic E-state index is 4.31. The number of nitrogens with one attached hydrogen (secondary N) is 1. The second-order valence-electron chi connectivity index (χ2n) is 2.99. The molecule has 4 nitrogen and oxygen atoms in total. The van der Waals surface area contributed by atoms with E-state index < -0.39 is 0 Å². The molecule has 13 heavy (non-hydrogen) atoms. The van der Waals surface area contributed by atoms with E-state index in [2.05, 4.69) is 20.2 Å². The molecule has 0 saturated carbocycles. The van der Waals surface area contributed by atoms with Crippen LogP contribution in [0, 0.1) is 6.92 Å². The van der Waals surface area contributed by atoms with Gasteiger partial charge in [0, 0.05) is 26.3 Å². The van der Waals surface area contributed by atoms with E-state index in [1.165, 1.54) is 0 Å². The summed E-state index contributed by atoms with van der Waals surface area (Å²) in [6, 6.07) is 1.92. The van der Waals surface area contributed by atoms with Gasteiger partial charge in [-0.3, -0.25) is 0 Å². The first kappa shape index (κ1) is 9.92. The van der Waals surface area contributed by atoms with Crippen LogP contribution < -0.4 is 10.2 Å². The lowest BCUT2D eigenvalue weighted by Crippen LogP contribution is -2.27. The molecule has 0 aliphatic heterocycles. The van der Waals surface area contributed by atoms with Crippen LogP contribution in [0.3, 0.4) is 0 Å². The molecule has 0 bridgehead atoms. The fourth-order valence-corrected chi connectivity index (χ4v) is 1.05. The molecular weight excluding hydrogens is 164 g/mol. The summed E-state index contributed by atoms with van der Waals surface area (Å²) in [5, 5.41) is 3.10. The molecule has 0 spiro atoms. The number of aromatic nitrogens is 2. The summed E-state index contributed by atoms with van der Waals surface area (Å²) >= 11 is 0. The standard InChI is InChI=1S/C9H16N4/c1-8-11-5-4-9(12-8)13(3)7-6-10-2/h4-5,10H,6-7H2,1-3H3. The first-order valence-corrected chi connectivity index (χ1v) is 4.39. The van der Waals surface area contributed by atoms with Gasteiger partial charge in [-0.15, -0.1) is 0 Å². The van der Waals surface area contributed by atoms with Crippen LogP contribution in [0.5, 0.6) is 0 Å².